The number of nitrogens with zero attached hydrogens (tertiary/aromatic N) is 2. The molecule has 3 nitrogen and oxygen atoms in total. The Kier molecular flexibility index (Phi) is 2.10. The number of aromatic nitrogens is 2. The summed E-state index contributed by atoms with van der Waals surface area (Å²) in [5, 5.41) is 1.83. The van der Waals surface area contributed by atoms with E-state index in [4.69, 9.17) is 0 Å². The standard InChI is InChI=1S/C10H11N3/c1-11-9-2-4-10(5-3-9)13-7-6-12-8-13/h2-8H,1,11H2. The van der Waals surface area contributed by atoms with Gasteiger partial charge in [-0.05, 0) is 24.3 Å². The van der Waals surface area contributed by atoms with E-state index in [0.29, 0.717) is 0 Å². The van der Waals surface area contributed by atoms with E-state index in [9.17, 15) is 0 Å². The van der Waals surface area contributed by atoms with Gasteiger partial charge in [-0.3, -0.25) is 0 Å². The van der Waals surface area contributed by atoms with Crippen LogP contribution in [0.15, 0.2) is 43.0 Å². The molecule has 0 aliphatic rings. The highest BCUT2D eigenvalue weighted by atomic mass is 15.0. The predicted octanol–water partition coefficient (Wildman–Crippen LogP) is 0.859. The SMILES string of the molecule is [CH2-][NH2+]c1ccc(-n2ccnc2)cc1. The van der Waals surface area contributed by atoms with Gasteiger partial charge in [0.15, 0.2) is 0 Å². The van der Waals surface area contributed by atoms with Gasteiger partial charge in [0.25, 0.3) is 0 Å². The summed E-state index contributed by atoms with van der Waals surface area (Å²) < 4.78 is 1.97. The van der Waals surface area contributed by atoms with E-state index in [1.54, 1.807) is 12.5 Å². The highest BCUT2D eigenvalue weighted by molar-refractivity contribution is 5.39. The fourth-order valence-corrected chi connectivity index (χ4v) is 1.19. The average Bonchev–Trinajstić information content (AvgIpc) is 2.71. The zero-order valence-corrected chi connectivity index (χ0v) is 7.22. The molecule has 0 unspecified atom stereocenters. The summed E-state index contributed by atoms with van der Waals surface area (Å²) >= 11 is 0. The monoisotopic (exact) mass is 173 g/mol. The molecule has 13 heavy (non-hydrogen) atoms. The van der Waals surface area contributed by atoms with Crippen molar-refractivity contribution in [3.63, 3.8) is 0 Å². The maximum absolute atomic E-state index is 3.98. The maximum atomic E-state index is 3.98. The number of benzene rings is 1. The number of hydrogen-bond donors (Lipinski definition) is 1. The summed E-state index contributed by atoms with van der Waals surface area (Å²) in [5.74, 6) is 0. The van der Waals surface area contributed by atoms with E-state index >= 15 is 0 Å². The highest BCUT2D eigenvalue weighted by Gasteiger charge is 1.94. The maximum Gasteiger partial charge on any atom is 0.103 e. The molecule has 2 rings (SSSR count). The van der Waals surface area contributed by atoms with Crippen molar-refractivity contribution in [2.75, 3.05) is 0 Å². The topological polar surface area (TPSA) is 34.4 Å². The van der Waals surface area contributed by atoms with Crippen LogP contribution in [0.2, 0.25) is 0 Å². The van der Waals surface area contributed by atoms with Crippen LogP contribution in [0.3, 0.4) is 0 Å². The summed E-state index contributed by atoms with van der Waals surface area (Å²) in [5.41, 5.74) is 2.24. The Labute approximate surface area is 77.0 Å². The predicted molar refractivity (Wildman–Crippen MR) is 50.5 cm³/mol. The summed E-state index contributed by atoms with van der Waals surface area (Å²) in [6.07, 6.45) is 5.47. The van der Waals surface area contributed by atoms with Crippen molar-refractivity contribution >= 4 is 5.69 Å². The second-order valence-corrected chi connectivity index (χ2v) is 2.77. The molecule has 0 radical (unpaired) electrons. The van der Waals surface area contributed by atoms with Crippen molar-refractivity contribution in [2.24, 2.45) is 0 Å². The van der Waals surface area contributed by atoms with Gasteiger partial charge >= 0.3 is 0 Å². The first-order valence-corrected chi connectivity index (χ1v) is 4.11. The normalized spacial score (nSPS) is 10.2. The van der Waals surface area contributed by atoms with E-state index < -0.39 is 0 Å². The molecule has 2 aromatic rings. The Morgan fingerprint density at radius 3 is 2.54 bits per heavy atom. The van der Waals surface area contributed by atoms with Crippen molar-refractivity contribution in [1.29, 1.82) is 0 Å². The molecule has 0 atom stereocenters. The second kappa shape index (κ2) is 3.41. The molecule has 3 heteroatoms. The molecule has 1 aromatic heterocycles. The lowest BCUT2D eigenvalue weighted by Gasteiger charge is -2.03. The molecule has 1 aromatic carbocycles. The quantitative estimate of drug-likeness (QED) is 0.530. The van der Waals surface area contributed by atoms with Crippen molar-refractivity contribution in [1.82, 2.24) is 9.55 Å². The van der Waals surface area contributed by atoms with Crippen molar-refractivity contribution in [2.45, 2.75) is 0 Å². The molecular formula is C10H11N3. The summed E-state index contributed by atoms with van der Waals surface area (Å²) in [6, 6.07) is 8.14. The van der Waals surface area contributed by atoms with Gasteiger partial charge in [-0.25, -0.2) is 4.98 Å². The van der Waals surface area contributed by atoms with E-state index in [2.05, 4.69) is 12.0 Å². The fourth-order valence-electron chi connectivity index (χ4n) is 1.19. The van der Waals surface area contributed by atoms with E-state index in [1.807, 2.05) is 40.3 Å². The average molecular weight is 173 g/mol. The molecule has 0 saturated heterocycles. The molecule has 2 N–H and O–H groups in total. The zero-order chi connectivity index (χ0) is 9.10. The van der Waals surface area contributed by atoms with E-state index in [0.717, 1.165) is 11.4 Å². The van der Waals surface area contributed by atoms with Gasteiger partial charge in [0.05, 0.1) is 6.33 Å². The van der Waals surface area contributed by atoms with E-state index in [-0.39, 0.29) is 0 Å². The molecule has 0 bridgehead atoms. The summed E-state index contributed by atoms with van der Waals surface area (Å²) in [7, 11) is 3.70. The zero-order valence-electron chi connectivity index (χ0n) is 7.22. The molecular weight excluding hydrogens is 162 g/mol. The Balaban J connectivity index is 2.33. The number of imidazole rings is 1. The van der Waals surface area contributed by atoms with Gasteiger partial charge in [-0.1, -0.05) is 0 Å². The van der Waals surface area contributed by atoms with Crippen LogP contribution >= 0.6 is 0 Å². The molecule has 0 aliphatic heterocycles. The number of nitrogens with two attached hydrogens (primary N) is 1. The van der Waals surface area contributed by atoms with Crippen molar-refractivity contribution in [3.05, 3.63) is 50.0 Å². The van der Waals surface area contributed by atoms with Crippen LogP contribution in [0, 0.1) is 7.05 Å². The van der Waals surface area contributed by atoms with Gasteiger partial charge in [0.2, 0.25) is 0 Å². The first kappa shape index (κ1) is 8.01. The first-order valence-electron chi connectivity index (χ1n) is 4.11. The molecule has 0 aliphatic carbocycles. The van der Waals surface area contributed by atoms with Gasteiger partial charge in [0.1, 0.15) is 5.69 Å². The van der Waals surface area contributed by atoms with E-state index in [1.165, 1.54) is 0 Å². The van der Waals surface area contributed by atoms with Crippen LogP contribution in [0.25, 0.3) is 5.69 Å². The third-order valence-electron chi connectivity index (χ3n) is 1.93. The largest absolute Gasteiger partial charge is 0.446 e. The van der Waals surface area contributed by atoms with Crippen molar-refractivity contribution < 1.29 is 5.32 Å². The number of rotatable bonds is 2. The molecule has 0 fully saturated rings. The van der Waals surface area contributed by atoms with Crippen LogP contribution in [0.1, 0.15) is 0 Å². The van der Waals surface area contributed by atoms with Crippen LogP contribution in [-0.2, 0) is 0 Å². The Morgan fingerprint density at radius 1 is 1.23 bits per heavy atom. The third kappa shape index (κ3) is 1.60. The Morgan fingerprint density at radius 2 is 2.00 bits per heavy atom. The number of quaternary nitrogens is 1. The minimum atomic E-state index is 1.11. The van der Waals surface area contributed by atoms with Gasteiger partial charge < -0.3 is 9.88 Å². The van der Waals surface area contributed by atoms with Gasteiger partial charge in [-0.2, -0.15) is 0 Å². The van der Waals surface area contributed by atoms with Crippen LogP contribution in [0.4, 0.5) is 5.69 Å². The molecule has 0 amide bonds. The highest BCUT2D eigenvalue weighted by Crippen LogP contribution is 2.08. The van der Waals surface area contributed by atoms with Crippen LogP contribution in [-0.4, -0.2) is 9.55 Å². The molecule has 0 saturated carbocycles. The Hall–Kier alpha value is -1.61. The van der Waals surface area contributed by atoms with Crippen molar-refractivity contribution in [3.8, 4) is 5.69 Å². The van der Waals surface area contributed by atoms with Gasteiger partial charge in [0, 0.05) is 18.1 Å². The molecule has 0 spiro atoms. The smallest absolute Gasteiger partial charge is 0.103 e. The lowest BCUT2D eigenvalue weighted by atomic mass is 10.3. The molecule has 66 valence electrons. The minimum absolute atomic E-state index is 1.11. The third-order valence-corrected chi connectivity index (χ3v) is 1.93. The summed E-state index contributed by atoms with van der Waals surface area (Å²) in [4.78, 5) is 3.98. The Bertz CT molecular complexity index is 362. The lowest BCUT2D eigenvalue weighted by molar-refractivity contribution is -0.504. The second-order valence-electron chi connectivity index (χ2n) is 2.77. The lowest BCUT2D eigenvalue weighted by Crippen LogP contribution is -2.69. The van der Waals surface area contributed by atoms with Gasteiger partial charge in [-0.15, -0.1) is 7.05 Å². The summed E-state index contributed by atoms with van der Waals surface area (Å²) in [6.45, 7) is 0. The fraction of sp³-hybridized carbons (Fsp3) is 0. The number of hydrogen-bond acceptors (Lipinski definition) is 1. The van der Waals surface area contributed by atoms with Crippen LogP contribution in [0.5, 0.6) is 0 Å². The minimum Gasteiger partial charge on any atom is -0.446 e. The van der Waals surface area contributed by atoms with Crippen LogP contribution < -0.4 is 5.32 Å². The molecule has 1 heterocycles. The first-order chi connectivity index (χ1) is 6.40.